The Morgan fingerprint density at radius 1 is 1.35 bits per heavy atom. The summed E-state index contributed by atoms with van der Waals surface area (Å²) in [6, 6.07) is 7.41. The summed E-state index contributed by atoms with van der Waals surface area (Å²) >= 11 is 0. The van der Waals surface area contributed by atoms with Gasteiger partial charge in [-0.1, -0.05) is 18.2 Å². The molecule has 1 radical (unpaired) electrons. The third-order valence-electron chi connectivity index (χ3n) is 2.90. The van der Waals surface area contributed by atoms with Gasteiger partial charge in [-0.3, -0.25) is 9.69 Å². The maximum atomic E-state index is 11.2. The van der Waals surface area contributed by atoms with Crippen molar-refractivity contribution >= 4 is 5.91 Å². The highest BCUT2D eigenvalue weighted by molar-refractivity contribution is 5.94. The van der Waals surface area contributed by atoms with Crippen LogP contribution in [0.5, 0.6) is 0 Å². The van der Waals surface area contributed by atoms with Crippen LogP contribution >= 0.6 is 0 Å². The predicted molar refractivity (Wildman–Crippen MR) is 65.6 cm³/mol. The third kappa shape index (κ3) is 3.28. The molecule has 1 aliphatic rings. The van der Waals surface area contributed by atoms with Gasteiger partial charge in [0.25, 0.3) is 0 Å². The zero-order valence-electron chi connectivity index (χ0n) is 9.76. The first kappa shape index (κ1) is 12.1. The van der Waals surface area contributed by atoms with E-state index in [1.54, 1.807) is 6.07 Å². The van der Waals surface area contributed by atoms with Crippen LogP contribution < -0.4 is 5.73 Å². The molecular weight excluding hydrogens is 216 g/mol. The van der Waals surface area contributed by atoms with Crippen LogP contribution in [0, 0.1) is 6.42 Å². The second-order valence-electron chi connectivity index (χ2n) is 4.07. The maximum Gasteiger partial charge on any atom is 0.248 e. The fourth-order valence-corrected chi connectivity index (χ4v) is 1.91. The maximum absolute atomic E-state index is 11.2. The lowest BCUT2D eigenvalue weighted by atomic mass is 10.0. The average Bonchev–Trinajstić information content (AvgIpc) is 2.38. The summed E-state index contributed by atoms with van der Waals surface area (Å²) in [4.78, 5) is 13.5. The van der Waals surface area contributed by atoms with Gasteiger partial charge in [0.15, 0.2) is 0 Å². The first-order valence-corrected chi connectivity index (χ1v) is 5.79. The van der Waals surface area contributed by atoms with Crippen LogP contribution in [0.4, 0.5) is 0 Å². The molecule has 1 amide bonds. The van der Waals surface area contributed by atoms with E-state index in [0.717, 1.165) is 38.4 Å². The SMILES string of the molecule is NC(=O)c1ccccc1[CH]CN1CCOCC1. The zero-order valence-corrected chi connectivity index (χ0v) is 9.76. The van der Waals surface area contributed by atoms with E-state index in [1.807, 2.05) is 24.6 Å². The average molecular weight is 233 g/mol. The minimum absolute atomic E-state index is 0.376. The molecule has 2 N–H and O–H groups in total. The predicted octanol–water partition coefficient (Wildman–Crippen LogP) is 0.670. The molecule has 0 unspecified atom stereocenters. The van der Waals surface area contributed by atoms with Crippen molar-refractivity contribution in [3.63, 3.8) is 0 Å². The van der Waals surface area contributed by atoms with Gasteiger partial charge in [0.1, 0.15) is 0 Å². The van der Waals surface area contributed by atoms with Gasteiger partial charge in [-0.15, -0.1) is 0 Å². The minimum Gasteiger partial charge on any atom is -0.379 e. The van der Waals surface area contributed by atoms with E-state index in [-0.39, 0.29) is 5.91 Å². The van der Waals surface area contributed by atoms with Crippen LogP contribution in [0.2, 0.25) is 0 Å². The van der Waals surface area contributed by atoms with Crippen molar-refractivity contribution in [2.24, 2.45) is 5.73 Å². The molecule has 4 nitrogen and oxygen atoms in total. The molecule has 4 heteroatoms. The van der Waals surface area contributed by atoms with Crippen molar-refractivity contribution in [3.8, 4) is 0 Å². The van der Waals surface area contributed by atoms with E-state index in [9.17, 15) is 4.79 Å². The molecule has 0 atom stereocenters. The zero-order chi connectivity index (χ0) is 12.1. The monoisotopic (exact) mass is 233 g/mol. The Morgan fingerprint density at radius 3 is 2.76 bits per heavy atom. The number of amides is 1. The van der Waals surface area contributed by atoms with Crippen molar-refractivity contribution in [3.05, 3.63) is 41.8 Å². The number of nitrogens with two attached hydrogens (primary N) is 1. The molecule has 1 aliphatic heterocycles. The summed E-state index contributed by atoms with van der Waals surface area (Å²) in [5, 5.41) is 0. The summed E-state index contributed by atoms with van der Waals surface area (Å²) in [5.74, 6) is -0.376. The Kier molecular flexibility index (Phi) is 4.12. The first-order chi connectivity index (χ1) is 8.27. The second kappa shape index (κ2) is 5.80. The van der Waals surface area contributed by atoms with E-state index < -0.39 is 0 Å². The van der Waals surface area contributed by atoms with Gasteiger partial charge >= 0.3 is 0 Å². The Morgan fingerprint density at radius 2 is 2.06 bits per heavy atom. The Labute approximate surface area is 101 Å². The number of primary amides is 1. The van der Waals surface area contributed by atoms with Gasteiger partial charge in [-0.25, -0.2) is 0 Å². The molecular formula is C13H17N2O2. The number of carbonyl (C=O) groups excluding carboxylic acids is 1. The molecule has 1 aromatic carbocycles. The number of morpholine rings is 1. The summed E-state index contributed by atoms with van der Waals surface area (Å²) in [7, 11) is 0. The highest BCUT2D eigenvalue weighted by Crippen LogP contribution is 2.11. The molecule has 1 fully saturated rings. The van der Waals surface area contributed by atoms with Crippen molar-refractivity contribution in [2.75, 3.05) is 32.8 Å². The fourth-order valence-electron chi connectivity index (χ4n) is 1.91. The molecule has 0 saturated carbocycles. The second-order valence-corrected chi connectivity index (χ2v) is 4.07. The van der Waals surface area contributed by atoms with E-state index >= 15 is 0 Å². The number of nitrogens with zero attached hydrogens (tertiary/aromatic N) is 1. The normalized spacial score (nSPS) is 16.9. The molecule has 0 aromatic heterocycles. The first-order valence-electron chi connectivity index (χ1n) is 5.79. The summed E-state index contributed by atoms with van der Waals surface area (Å²) in [5.41, 5.74) is 6.82. The number of hydrogen-bond acceptors (Lipinski definition) is 3. The molecule has 91 valence electrons. The van der Waals surface area contributed by atoms with Crippen LogP contribution in [0.3, 0.4) is 0 Å². The highest BCUT2D eigenvalue weighted by atomic mass is 16.5. The van der Waals surface area contributed by atoms with Crippen molar-refractivity contribution in [1.29, 1.82) is 0 Å². The smallest absolute Gasteiger partial charge is 0.248 e. The van der Waals surface area contributed by atoms with E-state index in [4.69, 9.17) is 10.5 Å². The molecule has 0 spiro atoms. The van der Waals surface area contributed by atoms with Gasteiger partial charge in [-0.2, -0.15) is 0 Å². The molecule has 1 aromatic rings. The van der Waals surface area contributed by atoms with Crippen LogP contribution in [0.25, 0.3) is 0 Å². The number of hydrogen-bond donors (Lipinski definition) is 1. The molecule has 1 heterocycles. The number of ether oxygens (including phenoxy) is 1. The van der Waals surface area contributed by atoms with E-state index in [2.05, 4.69) is 4.90 Å². The molecule has 1 saturated heterocycles. The topological polar surface area (TPSA) is 55.6 Å². The lowest BCUT2D eigenvalue weighted by molar-refractivity contribution is 0.0421. The standard InChI is InChI=1S/C13H17N2O2/c14-13(16)12-4-2-1-3-11(12)5-6-15-7-9-17-10-8-15/h1-5H,6-10H2,(H2,14,16). The molecule has 0 aliphatic carbocycles. The lowest BCUT2D eigenvalue weighted by Crippen LogP contribution is -2.37. The quantitative estimate of drug-likeness (QED) is 0.831. The lowest BCUT2D eigenvalue weighted by Gasteiger charge is -2.26. The highest BCUT2D eigenvalue weighted by Gasteiger charge is 2.12. The van der Waals surface area contributed by atoms with Gasteiger partial charge in [0, 0.05) is 31.6 Å². The third-order valence-corrected chi connectivity index (χ3v) is 2.90. The van der Waals surface area contributed by atoms with Gasteiger partial charge < -0.3 is 10.5 Å². The number of rotatable bonds is 4. The van der Waals surface area contributed by atoms with Crippen LogP contribution in [-0.4, -0.2) is 43.7 Å². The van der Waals surface area contributed by atoms with Crippen LogP contribution in [0.15, 0.2) is 24.3 Å². The molecule has 17 heavy (non-hydrogen) atoms. The Balaban J connectivity index is 1.96. The van der Waals surface area contributed by atoms with E-state index in [0.29, 0.717) is 5.56 Å². The summed E-state index contributed by atoms with van der Waals surface area (Å²) in [6.45, 7) is 4.27. The Hall–Kier alpha value is -1.39. The summed E-state index contributed by atoms with van der Waals surface area (Å²) < 4.78 is 5.28. The summed E-state index contributed by atoms with van der Waals surface area (Å²) in [6.07, 6.45) is 2.05. The van der Waals surface area contributed by atoms with Gasteiger partial charge in [0.05, 0.1) is 13.2 Å². The van der Waals surface area contributed by atoms with Crippen LogP contribution in [0.1, 0.15) is 15.9 Å². The van der Waals surface area contributed by atoms with Crippen molar-refractivity contribution in [2.45, 2.75) is 0 Å². The minimum atomic E-state index is -0.376. The number of benzene rings is 1. The van der Waals surface area contributed by atoms with Crippen molar-refractivity contribution in [1.82, 2.24) is 4.90 Å². The fraction of sp³-hybridized carbons (Fsp3) is 0.385. The van der Waals surface area contributed by atoms with Gasteiger partial charge in [-0.05, 0) is 11.6 Å². The van der Waals surface area contributed by atoms with Crippen molar-refractivity contribution < 1.29 is 9.53 Å². The van der Waals surface area contributed by atoms with E-state index in [1.165, 1.54) is 0 Å². The molecule has 2 rings (SSSR count). The molecule has 0 bridgehead atoms. The van der Waals surface area contributed by atoms with Crippen LogP contribution in [-0.2, 0) is 4.74 Å². The Bertz CT molecular complexity index is 387. The van der Waals surface area contributed by atoms with Gasteiger partial charge in [0.2, 0.25) is 5.91 Å². The number of carbonyl (C=O) groups is 1. The largest absolute Gasteiger partial charge is 0.379 e.